The van der Waals surface area contributed by atoms with Crippen molar-refractivity contribution in [2.75, 3.05) is 19.7 Å². The van der Waals surface area contributed by atoms with Gasteiger partial charge in [0.2, 0.25) is 5.89 Å². The Bertz CT molecular complexity index is 751. The van der Waals surface area contributed by atoms with Crippen molar-refractivity contribution in [3.05, 3.63) is 48.1 Å². The van der Waals surface area contributed by atoms with Crippen molar-refractivity contribution in [3.63, 3.8) is 0 Å². The Balaban J connectivity index is 1.42. The molecule has 4 heterocycles. The Kier molecular flexibility index (Phi) is 4.78. The molecule has 1 aromatic heterocycles. The first-order chi connectivity index (χ1) is 12.7. The molecule has 0 aliphatic carbocycles. The summed E-state index contributed by atoms with van der Waals surface area (Å²) in [4.78, 5) is 6.55. The molecule has 6 nitrogen and oxygen atoms in total. The van der Waals surface area contributed by atoms with Crippen molar-refractivity contribution < 1.29 is 14.4 Å². The van der Waals surface area contributed by atoms with E-state index < -0.39 is 6.10 Å². The fourth-order valence-electron chi connectivity index (χ4n) is 4.20. The van der Waals surface area contributed by atoms with Crippen molar-refractivity contribution in [2.45, 2.75) is 38.3 Å². The van der Waals surface area contributed by atoms with Crippen molar-refractivity contribution >= 4 is 6.08 Å². The zero-order valence-corrected chi connectivity index (χ0v) is 15.0. The highest BCUT2D eigenvalue weighted by molar-refractivity contribution is 5.37. The lowest BCUT2D eigenvalue weighted by Crippen LogP contribution is -2.65. The minimum absolute atomic E-state index is 0.0387. The summed E-state index contributed by atoms with van der Waals surface area (Å²) in [6.07, 6.45) is 6.34. The van der Waals surface area contributed by atoms with Crippen molar-refractivity contribution in [1.29, 1.82) is 0 Å². The van der Waals surface area contributed by atoms with Crippen LogP contribution >= 0.6 is 0 Å². The van der Waals surface area contributed by atoms with Crippen molar-refractivity contribution in [1.82, 2.24) is 15.0 Å². The van der Waals surface area contributed by atoms with E-state index in [4.69, 9.17) is 9.26 Å². The van der Waals surface area contributed by atoms with Gasteiger partial charge in [-0.1, -0.05) is 29.4 Å². The molecule has 2 atom stereocenters. The number of aliphatic hydroxyl groups excluding tert-OH is 1. The van der Waals surface area contributed by atoms with Crippen LogP contribution in [0.3, 0.4) is 0 Å². The molecule has 6 heteroatoms. The van der Waals surface area contributed by atoms with E-state index in [0.717, 1.165) is 38.1 Å². The highest BCUT2D eigenvalue weighted by Gasteiger charge is 2.51. The highest BCUT2D eigenvalue weighted by atomic mass is 16.5. The van der Waals surface area contributed by atoms with Crippen molar-refractivity contribution in [3.8, 4) is 5.75 Å². The first-order valence-corrected chi connectivity index (χ1v) is 9.23. The van der Waals surface area contributed by atoms with E-state index in [2.05, 4.69) is 21.1 Å². The number of para-hydroxylation sites is 1. The van der Waals surface area contributed by atoms with Gasteiger partial charge < -0.3 is 14.4 Å². The number of aliphatic hydroxyl groups is 1. The average molecular weight is 355 g/mol. The summed E-state index contributed by atoms with van der Waals surface area (Å²) in [5.74, 6) is 2.00. The van der Waals surface area contributed by atoms with Crippen LogP contribution in [0, 0.1) is 12.3 Å². The number of rotatable bonds is 6. The van der Waals surface area contributed by atoms with Gasteiger partial charge in [0.1, 0.15) is 12.4 Å². The maximum absolute atomic E-state index is 11.1. The summed E-state index contributed by atoms with van der Waals surface area (Å²) in [5, 5.41) is 14.9. The third-order valence-electron chi connectivity index (χ3n) is 5.75. The number of benzene rings is 1. The summed E-state index contributed by atoms with van der Waals surface area (Å²) < 4.78 is 11.1. The molecule has 1 N–H and O–H groups in total. The fraction of sp³-hybridized carbons (Fsp3) is 0.500. The molecule has 0 spiro atoms. The number of aryl methyl sites for hydroxylation is 1. The van der Waals surface area contributed by atoms with Crippen LogP contribution in [0.15, 0.2) is 40.9 Å². The molecule has 5 rings (SSSR count). The summed E-state index contributed by atoms with van der Waals surface area (Å²) in [7, 11) is 0. The molecular formula is C20H25N3O3. The fourth-order valence-corrected chi connectivity index (χ4v) is 4.20. The lowest BCUT2D eigenvalue weighted by atomic mass is 9.65. The summed E-state index contributed by atoms with van der Waals surface area (Å²) in [5.41, 5.74) is -0.0922. The molecule has 2 bridgehead atoms. The van der Waals surface area contributed by atoms with E-state index in [1.165, 1.54) is 0 Å². The predicted octanol–water partition coefficient (Wildman–Crippen LogP) is 2.69. The van der Waals surface area contributed by atoms with Gasteiger partial charge in [0.25, 0.3) is 0 Å². The van der Waals surface area contributed by atoms with E-state index in [0.29, 0.717) is 18.3 Å². The summed E-state index contributed by atoms with van der Waals surface area (Å²) >= 11 is 0. The Morgan fingerprint density at radius 1 is 1.31 bits per heavy atom. The van der Waals surface area contributed by atoms with Gasteiger partial charge in [-0.05, 0) is 57.5 Å². The minimum atomic E-state index is -0.400. The van der Waals surface area contributed by atoms with E-state index >= 15 is 0 Å². The largest absolute Gasteiger partial charge is 0.492 e. The molecule has 0 saturated carbocycles. The molecule has 3 saturated heterocycles. The van der Waals surface area contributed by atoms with Crippen LogP contribution in [0.4, 0.5) is 0 Å². The second kappa shape index (κ2) is 7.21. The number of nitrogens with zero attached hydrogens (tertiary/aromatic N) is 3. The van der Waals surface area contributed by atoms with Crippen LogP contribution in [0.1, 0.15) is 31.0 Å². The quantitative estimate of drug-likeness (QED) is 0.859. The van der Waals surface area contributed by atoms with E-state index in [-0.39, 0.29) is 11.5 Å². The third-order valence-corrected chi connectivity index (χ3v) is 5.75. The normalized spacial score (nSPS) is 30.8. The maximum atomic E-state index is 11.1. The molecule has 3 aliphatic rings. The summed E-state index contributed by atoms with van der Waals surface area (Å²) in [6, 6.07) is 9.84. The molecule has 1 aromatic carbocycles. The van der Waals surface area contributed by atoms with Gasteiger partial charge >= 0.3 is 0 Å². The smallest absolute Gasteiger partial charge is 0.250 e. The van der Waals surface area contributed by atoms with Gasteiger partial charge in [-0.3, -0.25) is 4.90 Å². The third kappa shape index (κ3) is 3.39. The molecule has 0 amide bonds. The average Bonchev–Trinajstić information content (AvgIpc) is 3.08. The summed E-state index contributed by atoms with van der Waals surface area (Å²) in [6.45, 7) is 4.33. The molecule has 3 aliphatic heterocycles. The maximum Gasteiger partial charge on any atom is 0.250 e. The number of hydrogen-bond donors (Lipinski definition) is 1. The van der Waals surface area contributed by atoms with E-state index in [1.54, 1.807) is 6.92 Å². The molecule has 26 heavy (non-hydrogen) atoms. The van der Waals surface area contributed by atoms with Gasteiger partial charge in [-0.2, -0.15) is 4.98 Å². The first-order valence-electron chi connectivity index (χ1n) is 9.23. The Morgan fingerprint density at radius 3 is 2.77 bits per heavy atom. The number of ether oxygens (including phenoxy) is 1. The first kappa shape index (κ1) is 17.2. The topological polar surface area (TPSA) is 71.6 Å². The van der Waals surface area contributed by atoms with Gasteiger partial charge in [-0.25, -0.2) is 0 Å². The Morgan fingerprint density at radius 2 is 2.08 bits per heavy atom. The van der Waals surface area contributed by atoms with Crippen molar-refractivity contribution in [2.24, 2.45) is 5.41 Å². The monoisotopic (exact) mass is 355 g/mol. The molecule has 138 valence electrons. The Hall–Kier alpha value is -2.18. The zero-order chi connectivity index (χ0) is 18.0. The number of fused-ring (bicyclic) bond motifs is 3. The number of allylic oxidation sites excluding steroid dienone is 1. The van der Waals surface area contributed by atoms with E-state index in [1.807, 2.05) is 36.4 Å². The number of hydrogen-bond acceptors (Lipinski definition) is 6. The lowest BCUT2D eigenvalue weighted by molar-refractivity contribution is -0.140. The minimum Gasteiger partial charge on any atom is -0.492 e. The second-order valence-electron chi connectivity index (χ2n) is 7.32. The molecule has 2 aromatic rings. The lowest BCUT2D eigenvalue weighted by Gasteiger charge is -2.56. The number of aromatic nitrogens is 2. The van der Waals surface area contributed by atoms with Crippen LogP contribution in [0.5, 0.6) is 5.75 Å². The Labute approximate surface area is 153 Å². The molecule has 2 unspecified atom stereocenters. The predicted molar refractivity (Wildman–Crippen MR) is 97.7 cm³/mol. The zero-order valence-electron chi connectivity index (χ0n) is 15.0. The SMILES string of the molecule is Cc1noc(C=CCC23CCN(CC2)C(COc2ccccc2)C3O)n1. The van der Waals surface area contributed by atoms with Gasteiger partial charge in [0, 0.05) is 5.41 Å². The standard InChI is InChI=1S/C20H25N3O3/c1-15-21-18(26-22-15)8-5-9-20-10-12-23(13-11-20)17(19(20)24)14-25-16-6-3-2-4-7-16/h2-8,17,19,24H,9-14H2,1H3. The highest BCUT2D eigenvalue weighted by Crippen LogP contribution is 2.46. The molecule has 0 radical (unpaired) electrons. The van der Waals surface area contributed by atoms with Crippen LogP contribution in [-0.2, 0) is 0 Å². The van der Waals surface area contributed by atoms with Crippen LogP contribution in [0.2, 0.25) is 0 Å². The van der Waals surface area contributed by atoms with E-state index in [9.17, 15) is 5.11 Å². The number of piperidine rings is 3. The van der Waals surface area contributed by atoms with Gasteiger partial charge in [0.15, 0.2) is 5.82 Å². The molecular weight excluding hydrogens is 330 g/mol. The van der Waals surface area contributed by atoms with Gasteiger partial charge in [0.05, 0.1) is 12.1 Å². The van der Waals surface area contributed by atoms with Crippen LogP contribution < -0.4 is 4.74 Å². The van der Waals surface area contributed by atoms with Gasteiger partial charge in [-0.15, -0.1) is 0 Å². The second-order valence-corrected chi connectivity index (χ2v) is 7.32. The molecule has 3 fully saturated rings. The van der Waals surface area contributed by atoms with Crippen LogP contribution in [-0.4, -0.2) is 52.0 Å². The van der Waals surface area contributed by atoms with Crippen LogP contribution in [0.25, 0.3) is 6.08 Å².